The molecule has 7 nitrogen and oxygen atoms in total. The van der Waals surface area contributed by atoms with Crippen molar-refractivity contribution in [1.82, 2.24) is 9.78 Å². The van der Waals surface area contributed by atoms with E-state index in [4.69, 9.17) is 4.74 Å². The quantitative estimate of drug-likeness (QED) is 0.570. The molecule has 3 aromatic rings. The molecule has 9 heteroatoms. The number of carbonyl (C=O) groups excluding carboxylic acids is 1. The molecule has 0 saturated heterocycles. The summed E-state index contributed by atoms with van der Waals surface area (Å²) < 4.78 is 35.5. The number of benzene rings is 1. The molecule has 0 radical (unpaired) electrons. The van der Waals surface area contributed by atoms with Crippen LogP contribution < -0.4 is 4.72 Å². The van der Waals surface area contributed by atoms with E-state index >= 15 is 0 Å². The minimum Gasteiger partial charge on any atom is -0.368 e. The maximum absolute atomic E-state index is 12.9. The number of thiophene rings is 1. The molecule has 0 aliphatic heterocycles. The molecule has 0 unspecified atom stereocenters. The minimum atomic E-state index is -3.87. The maximum atomic E-state index is 12.9. The molecular weight excluding hydrogens is 410 g/mol. The van der Waals surface area contributed by atoms with E-state index in [9.17, 15) is 13.2 Å². The molecule has 29 heavy (non-hydrogen) atoms. The molecule has 3 rings (SSSR count). The second-order valence-electron chi connectivity index (χ2n) is 7.52. The Kier molecular flexibility index (Phi) is 5.92. The first-order valence-corrected chi connectivity index (χ1v) is 11.3. The predicted octanol–water partition coefficient (Wildman–Crippen LogP) is 3.95. The number of anilines is 1. The second-order valence-corrected chi connectivity index (χ2v) is 10.1. The van der Waals surface area contributed by atoms with Gasteiger partial charge in [0.1, 0.15) is 6.61 Å². The van der Waals surface area contributed by atoms with E-state index in [0.717, 1.165) is 11.1 Å². The van der Waals surface area contributed by atoms with Gasteiger partial charge >= 0.3 is 0 Å². The van der Waals surface area contributed by atoms with Gasteiger partial charge in [0, 0.05) is 18.8 Å². The topological polar surface area (TPSA) is 90.3 Å². The summed E-state index contributed by atoms with van der Waals surface area (Å²) >= 11 is 1.18. The van der Waals surface area contributed by atoms with Crippen LogP contribution in [0, 0.1) is 0 Å². The van der Waals surface area contributed by atoms with E-state index in [2.05, 4.69) is 9.82 Å². The third kappa shape index (κ3) is 5.31. The van der Waals surface area contributed by atoms with Gasteiger partial charge in [-0.05, 0) is 49.9 Å². The molecule has 1 aromatic carbocycles. The lowest BCUT2D eigenvalue weighted by molar-refractivity contribution is 0.00326. The standard InChI is InChI=1S/C20H23N3O4S2/c1-20(2,3)27-13-18(24)19-17(8-9-28-19)22-29(25,26)16-7-5-6-14(10-16)15-11-21-23(4)12-15/h5-12,22H,13H2,1-4H3. The van der Waals surface area contributed by atoms with Crippen molar-refractivity contribution in [2.75, 3.05) is 11.3 Å². The number of carbonyl (C=O) groups is 1. The Morgan fingerprint density at radius 1 is 1.24 bits per heavy atom. The molecule has 154 valence electrons. The number of nitrogens with zero attached hydrogens (tertiary/aromatic N) is 2. The Morgan fingerprint density at radius 3 is 2.66 bits per heavy atom. The number of ketones is 1. The van der Waals surface area contributed by atoms with Crippen LogP contribution in [0.2, 0.25) is 0 Å². The summed E-state index contributed by atoms with van der Waals surface area (Å²) in [7, 11) is -2.07. The Morgan fingerprint density at radius 2 is 2.00 bits per heavy atom. The van der Waals surface area contributed by atoms with E-state index in [-0.39, 0.29) is 23.0 Å². The summed E-state index contributed by atoms with van der Waals surface area (Å²) in [5.41, 5.74) is 1.35. The van der Waals surface area contributed by atoms with Crippen molar-refractivity contribution in [3.05, 3.63) is 53.0 Å². The summed E-state index contributed by atoms with van der Waals surface area (Å²) in [6.07, 6.45) is 3.48. The lowest BCUT2D eigenvalue weighted by Crippen LogP contribution is -2.24. The summed E-state index contributed by atoms with van der Waals surface area (Å²) in [5, 5.41) is 5.79. The van der Waals surface area contributed by atoms with Crippen LogP contribution >= 0.6 is 11.3 Å². The highest BCUT2D eigenvalue weighted by molar-refractivity contribution is 7.92. The molecule has 0 amide bonds. The Hall–Kier alpha value is -2.49. The lowest BCUT2D eigenvalue weighted by atomic mass is 10.1. The number of aryl methyl sites for hydroxylation is 1. The van der Waals surface area contributed by atoms with Crippen LogP contribution in [-0.2, 0) is 21.8 Å². The normalized spacial score (nSPS) is 12.1. The molecule has 0 aliphatic carbocycles. The summed E-state index contributed by atoms with van der Waals surface area (Å²) in [6.45, 7) is 5.45. The van der Waals surface area contributed by atoms with Crippen LogP contribution in [-0.4, -0.2) is 36.2 Å². The van der Waals surface area contributed by atoms with Crippen LogP contribution in [0.5, 0.6) is 0 Å². The van der Waals surface area contributed by atoms with Crippen molar-refractivity contribution < 1.29 is 17.9 Å². The highest BCUT2D eigenvalue weighted by Crippen LogP contribution is 2.28. The summed E-state index contributed by atoms with van der Waals surface area (Å²) in [5.74, 6) is -0.267. The Labute approximate surface area is 174 Å². The van der Waals surface area contributed by atoms with E-state index in [1.54, 1.807) is 41.5 Å². The number of hydrogen-bond donors (Lipinski definition) is 1. The number of ether oxygens (including phenoxy) is 1. The molecule has 0 bridgehead atoms. The number of rotatable bonds is 7. The van der Waals surface area contributed by atoms with Gasteiger partial charge in [0.05, 0.1) is 27.3 Å². The average Bonchev–Trinajstić information content (AvgIpc) is 3.28. The Balaban J connectivity index is 1.82. The number of sulfonamides is 1. The third-order valence-corrected chi connectivity index (χ3v) is 6.30. The highest BCUT2D eigenvalue weighted by Gasteiger charge is 2.22. The van der Waals surface area contributed by atoms with Gasteiger partial charge in [0.2, 0.25) is 5.78 Å². The fourth-order valence-corrected chi connectivity index (χ4v) is 4.53. The molecule has 0 aliphatic rings. The summed E-state index contributed by atoms with van der Waals surface area (Å²) in [4.78, 5) is 12.9. The van der Waals surface area contributed by atoms with Gasteiger partial charge in [-0.3, -0.25) is 14.2 Å². The van der Waals surface area contributed by atoms with Crippen molar-refractivity contribution in [1.29, 1.82) is 0 Å². The van der Waals surface area contributed by atoms with Crippen LogP contribution in [0.15, 0.2) is 53.0 Å². The van der Waals surface area contributed by atoms with Gasteiger partial charge < -0.3 is 4.74 Å². The van der Waals surface area contributed by atoms with Crippen molar-refractivity contribution >= 4 is 32.8 Å². The summed E-state index contributed by atoms with van der Waals surface area (Å²) in [6, 6.07) is 8.17. The van der Waals surface area contributed by atoms with Gasteiger partial charge in [0.25, 0.3) is 10.0 Å². The first kappa shape index (κ1) is 21.2. The molecule has 0 spiro atoms. The third-order valence-electron chi connectivity index (χ3n) is 3.98. The van der Waals surface area contributed by atoms with Gasteiger partial charge in [-0.2, -0.15) is 5.10 Å². The number of aromatic nitrogens is 2. The number of nitrogens with one attached hydrogen (secondary N) is 1. The molecule has 1 N–H and O–H groups in total. The first-order valence-electron chi connectivity index (χ1n) is 8.92. The molecular formula is C20H23N3O4S2. The lowest BCUT2D eigenvalue weighted by Gasteiger charge is -2.18. The zero-order valence-electron chi connectivity index (χ0n) is 16.7. The SMILES string of the molecule is Cn1cc(-c2cccc(S(=O)(=O)Nc3ccsc3C(=O)COC(C)(C)C)c2)cn1. The second kappa shape index (κ2) is 8.10. The van der Waals surface area contributed by atoms with Gasteiger partial charge in [-0.25, -0.2) is 8.42 Å². The van der Waals surface area contributed by atoms with Gasteiger partial charge in [-0.15, -0.1) is 11.3 Å². The van der Waals surface area contributed by atoms with Crippen molar-refractivity contribution in [2.24, 2.45) is 7.05 Å². The van der Waals surface area contributed by atoms with E-state index in [1.165, 1.54) is 17.4 Å². The maximum Gasteiger partial charge on any atom is 0.261 e. The molecule has 2 aromatic heterocycles. The largest absolute Gasteiger partial charge is 0.368 e. The van der Waals surface area contributed by atoms with Crippen LogP contribution in [0.4, 0.5) is 5.69 Å². The van der Waals surface area contributed by atoms with Crippen molar-refractivity contribution in [2.45, 2.75) is 31.3 Å². The van der Waals surface area contributed by atoms with Crippen LogP contribution in [0.25, 0.3) is 11.1 Å². The number of hydrogen-bond acceptors (Lipinski definition) is 6. The first-order chi connectivity index (χ1) is 13.5. The van der Waals surface area contributed by atoms with Gasteiger partial charge in [0.15, 0.2) is 0 Å². The highest BCUT2D eigenvalue weighted by atomic mass is 32.2. The molecule has 2 heterocycles. The van der Waals surface area contributed by atoms with E-state index in [0.29, 0.717) is 4.88 Å². The predicted molar refractivity (Wildman–Crippen MR) is 114 cm³/mol. The van der Waals surface area contributed by atoms with E-state index in [1.807, 2.05) is 33.0 Å². The fourth-order valence-electron chi connectivity index (χ4n) is 2.57. The zero-order valence-corrected chi connectivity index (χ0v) is 18.3. The molecule has 0 fully saturated rings. The van der Waals surface area contributed by atoms with Crippen molar-refractivity contribution in [3.63, 3.8) is 0 Å². The van der Waals surface area contributed by atoms with Crippen molar-refractivity contribution in [3.8, 4) is 11.1 Å². The zero-order chi connectivity index (χ0) is 21.2. The van der Waals surface area contributed by atoms with E-state index < -0.39 is 15.6 Å². The number of Topliss-reactive ketones (excluding diaryl/α,β-unsaturated/α-hetero) is 1. The minimum absolute atomic E-state index is 0.106. The average molecular weight is 434 g/mol. The Bertz CT molecular complexity index is 1120. The fraction of sp³-hybridized carbons (Fsp3) is 0.300. The monoisotopic (exact) mass is 433 g/mol. The molecule has 0 atom stereocenters. The van der Waals surface area contributed by atoms with Gasteiger partial charge in [-0.1, -0.05) is 12.1 Å². The van der Waals surface area contributed by atoms with Crippen LogP contribution in [0.3, 0.4) is 0 Å². The van der Waals surface area contributed by atoms with Crippen LogP contribution in [0.1, 0.15) is 30.4 Å². The molecule has 0 saturated carbocycles. The smallest absolute Gasteiger partial charge is 0.261 e.